The highest BCUT2D eigenvalue weighted by atomic mass is 35.5. The topological polar surface area (TPSA) is 55.4 Å². The maximum absolute atomic E-state index is 12.1. The van der Waals surface area contributed by atoms with Crippen molar-refractivity contribution < 1.29 is 14.3 Å². The van der Waals surface area contributed by atoms with E-state index >= 15 is 0 Å². The summed E-state index contributed by atoms with van der Waals surface area (Å²) in [7, 11) is 1.32. The number of esters is 1. The van der Waals surface area contributed by atoms with Crippen molar-refractivity contribution in [1.82, 2.24) is 5.32 Å². The van der Waals surface area contributed by atoms with Gasteiger partial charge in [0.25, 0.3) is 0 Å². The molecule has 1 amide bonds. The molecule has 1 aromatic carbocycles. The molecule has 116 valence electrons. The Morgan fingerprint density at radius 1 is 1.38 bits per heavy atom. The largest absolute Gasteiger partial charge is 0.467 e. The first-order valence-electron chi connectivity index (χ1n) is 7.01. The minimum atomic E-state index is -0.628. The van der Waals surface area contributed by atoms with Gasteiger partial charge in [0, 0.05) is 5.02 Å². The van der Waals surface area contributed by atoms with Crippen molar-refractivity contribution >= 4 is 23.5 Å². The minimum absolute atomic E-state index is 0.00916. The van der Waals surface area contributed by atoms with Crippen LogP contribution < -0.4 is 5.32 Å². The van der Waals surface area contributed by atoms with E-state index in [-0.39, 0.29) is 18.2 Å². The monoisotopic (exact) mass is 311 g/mol. The summed E-state index contributed by atoms with van der Waals surface area (Å²) in [6, 6.07) is 4.92. The predicted molar refractivity (Wildman–Crippen MR) is 83.3 cm³/mol. The van der Waals surface area contributed by atoms with Crippen molar-refractivity contribution in [2.75, 3.05) is 7.11 Å². The van der Waals surface area contributed by atoms with Gasteiger partial charge in [0.15, 0.2) is 0 Å². The first-order valence-corrected chi connectivity index (χ1v) is 7.39. The highest BCUT2D eigenvalue weighted by Crippen LogP contribution is 2.18. The molecule has 0 spiro atoms. The summed E-state index contributed by atoms with van der Waals surface area (Å²) in [5.74, 6) is -0.654. The Bertz CT molecular complexity index is 516. The number of carbonyl (C=O) groups is 2. The molecule has 1 N–H and O–H groups in total. The number of rotatable bonds is 6. The maximum Gasteiger partial charge on any atom is 0.328 e. The first kappa shape index (κ1) is 17.5. The van der Waals surface area contributed by atoms with Gasteiger partial charge in [0.1, 0.15) is 6.04 Å². The van der Waals surface area contributed by atoms with E-state index in [4.69, 9.17) is 16.3 Å². The number of benzene rings is 1. The molecule has 0 saturated heterocycles. The SMILES string of the molecule is CCC(C)C(NC(=O)Cc1ccc(C)cc1Cl)C(=O)OC. The highest BCUT2D eigenvalue weighted by Gasteiger charge is 2.26. The summed E-state index contributed by atoms with van der Waals surface area (Å²) < 4.78 is 4.75. The second-order valence-corrected chi connectivity index (χ2v) is 5.63. The first-order chi connectivity index (χ1) is 9.88. The van der Waals surface area contributed by atoms with Crippen LogP contribution in [0, 0.1) is 12.8 Å². The van der Waals surface area contributed by atoms with E-state index in [1.54, 1.807) is 0 Å². The Hall–Kier alpha value is -1.55. The van der Waals surface area contributed by atoms with Crippen molar-refractivity contribution in [3.63, 3.8) is 0 Å². The Labute approximate surface area is 130 Å². The molecular formula is C16H22ClNO3. The van der Waals surface area contributed by atoms with Crippen molar-refractivity contribution in [3.05, 3.63) is 34.3 Å². The molecule has 0 fully saturated rings. The normalized spacial score (nSPS) is 13.4. The molecule has 0 heterocycles. The third kappa shape index (κ3) is 5.05. The maximum atomic E-state index is 12.1. The highest BCUT2D eigenvalue weighted by molar-refractivity contribution is 6.31. The number of amides is 1. The van der Waals surface area contributed by atoms with Crippen LogP contribution in [-0.2, 0) is 20.7 Å². The van der Waals surface area contributed by atoms with Crippen molar-refractivity contribution in [1.29, 1.82) is 0 Å². The lowest BCUT2D eigenvalue weighted by atomic mass is 9.98. The summed E-state index contributed by atoms with van der Waals surface area (Å²) in [6.07, 6.45) is 0.911. The zero-order valence-electron chi connectivity index (χ0n) is 12.9. The molecule has 0 aliphatic rings. The van der Waals surface area contributed by atoms with Crippen LogP contribution in [0.25, 0.3) is 0 Å². The van der Waals surface area contributed by atoms with Gasteiger partial charge in [-0.3, -0.25) is 4.79 Å². The molecule has 1 aromatic rings. The third-order valence-electron chi connectivity index (χ3n) is 3.54. The van der Waals surface area contributed by atoms with Gasteiger partial charge in [0.2, 0.25) is 5.91 Å². The molecular weight excluding hydrogens is 290 g/mol. The number of methoxy groups -OCH3 is 1. The molecule has 2 atom stereocenters. The van der Waals surface area contributed by atoms with Crippen molar-refractivity contribution in [2.45, 2.75) is 39.7 Å². The third-order valence-corrected chi connectivity index (χ3v) is 3.90. The molecule has 21 heavy (non-hydrogen) atoms. The lowest BCUT2D eigenvalue weighted by Crippen LogP contribution is -2.46. The number of ether oxygens (including phenoxy) is 1. The number of hydrogen-bond donors (Lipinski definition) is 1. The molecule has 0 aromatic heterocycles. The molecule has 0 aliphatic heterocycles. The van der Waals surface area contributed by atoms with E-state index in [1.165, 1.54) is 7.11 Å². The summed E-state index contributed by atoms with van der Waals surface area (Å²) >= 11 is 6.12. The van der Waals surface area contributed by atoms with E-state index < -0.39 is 12.0 Å². The molecule has 0 radical (unpaired) electrons. The van der Waals surface area contributed by atoms with Gasteiger partial charge in [-0.2, -0.15) is 0 Å². The van der Waals surface area contributed by atoms with Crippen molar-refractivity contribution in [3.8, 4) is 0 Å². The van der Waals surface area contributed by atoms with Crippen LogP contribution >= 0.6 is 11.6 Å². The average Bonchev–Trinajstić information content (AvgIpc) is 2.46. The molecule has 4 nitrogen and oxygen atoms in total. The van der Waals surface area contributed by atoms with Gasteiger partial charge >= 0.3 is 5.97 Å². The number of halogens is 1. The Kier molecular flexibility index (Phi) is 6.69. The Balaban J connectivity index is 2.76. The molecule has 2 unspecified atom stereocenters. The fraction of sp³-hybridized carbons (Fsp3) is 0.500. The zero-order valence-corrected chi connectivity index (χ0v) is 13.7. The van der Waals surface area contributed by atoms with Gasteiger partial charge < -0.3 is 10.1 Å². The van der Waals surface area contributed by atoms with Gasteiger partial charge in [-0.15, -0.1) is 0 Å². The predicted octanol–water partition coefficient (Wildman–Crippen LogP) is 2.89. The van der Waals surface area contributed by atoms with E-state index in [9.17, 15) is 9.59 Å². The summed E-state index contributed by atoms with van der Waals surface area (Å²) in [5, 5.41) is 3.30. The van der Waals surface area contributed by atoms with Crippen molar-refractivity contribution in [2.24, 2.45) is 5.92 Å². The second-order valence-electron chi connectivity index (χ2n) is 5.23. The molecule has 0 saturated carbocycles. The van der Waals surface area contributed by atoms with Crippen LogP contribution in [-0.4, -0.2) is 25.0 Å². The van der Waals surface area contributed by atoms with Crippen LogP contribution in [0.2, 0.25) is 5.02 Å². The van der Waals surface area contributed by atoms with E-state index in [2.05, 4.69) is 5.32 Å². The zero-order chi connectivity index (χ0) is 16.0. The fourth-order valence-corrected chi connectivity index (χ4v) is 2.29. The molecule has 0 bridgehead atoms. The van der Waals surface area contributed by atoms with Crippen LogP contribution in [0.3, 0.4) is 0 Å². The number of nitrogens with one attached hydrogen (secondary N) is 1. The summed E-state index contributed by atoms with van der Waals surface area (Å²) in [5.41, 5.74) is 1.78. The Morgan fingerprint density at radius 2 is 2.05 bits per heavy atom. The standard InChI is InChI=1S/C16H22ClNO3/c1-5-11(3)15(16(20)21-4)18-14(19)9-12-7-6-10(2)8-13(12)17/h6-8,11,15H,5,9H2,1-4H3,(H,18,19). The lowest BCUT2D eigenvalue weighted by Gasteiger charge is -2.22. The van der Waals surface area contributed by atoms with Crippen LogP contribution in [0.15, 0.2) is 18.2 Å². The summed E-state index contributed by atoms with van der Waals surface area (Å²) in [4.78, 5) is 23.9. The Morgan fingerprint density at radius 3 is 2.57 bits per heavy atom. The molecule has 5 heteroatoms. The van der Waals surface area contributed by atoms with E-state index in [0.29, 0.717) is 5.02 Å². The van der Waals surface area contributed by atoms with Gasteiger partial charge in [-0.05, 0) is 30.0 Å². The average molecular weight is 312 g/mol. The minimum Gasteiger partial charge on any atom is -0.467 e. The summed E-state index contributed by atoms with van der Waals surface area (Å²) in [6.45, 7) is 5.80. The van der Waals surface area contributed by atoms with Gasteiger partial charge in [-0.1, -0.05) is 44.0 Å². The van der Waals surface area contributed by atoms with Gasteiger partial charge in [-0.25, -0.2) is 4.79 Å². The number of aryl methyl sites for hydroxylation is 1. The number of hydrogen-bond acceptors (Lipinski definition) is 3. The smallest absolute Gasteiger partial charge is 0.328 e. The van der Waals surface area contributed by atoms with Gasteiger partial charge in [0.05, 0.1) is 13.5 Å². The lowest BCUT2D eigenvalue weighted by molar-refractivity contribution is -0.146. The number of carbonyl (C=O) groups excluding carboxylic acids is 2. The second kappa shape index (κ2) is 8.03. The quantitative estimate of drug-likeness (QED) is 0.822. The molecule has 1 rings (SSSR count). The van der Waals surface area contributed by atoms with Crippen LogP contribution in [0.1, 0.15) is 31.4 Å². The van der Waals surface area contributed by atoms with Crippen LogP contribution in [0.5, 0.6) is 0 Å². The fourth-order valence-electron chi connectivity index (χ4n) is 1.99. The van der Waals surface area contributed by atoms with Crippen LogP contribution in [0.4, 0.5) is 0 Å². The van der Waals surface area contributed by atoms with E-state index in [1.807, 2.05) is 39.0 Å². The molecule has 0 aliphatic carbocycles. The van der Waals surface area contributed by atoms with E-state index in [0.717, 1.165) is 17.5 Å².